The number of benzene rings is 2. The predicted octanol–water partition coefficient (Wildman–Crippen LogP) is 6.80. The first kappa shape index (κ1) is 20.1. The Morgan fingerprint density at radius 3 is 2.11 bits per heavy atom. The molecule has 146 valence electrons. The van der Waals surface area contributed by atoms with Gasteiger partial charge in [0.1, 0.15) is 0 Å². The van der Waals surface area contributed by atoms with Gasteiger partial charge in [-0.1, -0.05) is 62.6 Å². The molecule has 3 heteroatoms. The number of rotatable bonds is 7. The van der Waals surface area contributed by atoms with Crippen LogP contribution in [0.15, 0.2) is 48.5 Å². The highest BCUT2D eigenvalue weighted by Crippen LogP contribution is 2.45. The molecule has 0 radical (unpaired) electrons. The van der Waals surface area contributed by atoms with E-state index in [1.54, 1.807) is 12.1 Å². The van der Waals surface area contributed by atoms with Crippen LogP contribution in [0, 0.1) is 16.7 Å². The molecule has 28 heavy (non-hydrogen) atoms. The van der Waals surface area contributed by atoms with Gasteiger partial charge >= 0.3 is 5.97 Å². The molecule has 3 rings (SSSR count). The molecule has 0 aromatic heterocycles. The molecule has 2 aromatic rings. The van der Waals surface area contributed by atoms with Crippen molar-refractivity contribution in [3.05, 3.63) is 59.7 Å². The van der Waals surface area contributed by atoms with Crippen molar-refractivity contribution in [2.24, 2.45) is 5.41 Å². The molecule has 0 saturated heterocycles. The molecule has 0 amide bonds. The second-order valence-corrected chi connectivity index (χ2v) is 8.13. The lowest BCUT2D eigenvalue weighted by Crippen LogP contribution is -2.25. The molecule has 1 saturated carbocycles. The molecule has 0 aliphatic heterocycles. The number of nitrogens with zero attached hydrogens (tertiary/aromatic N) is 1. The Labute approximate surface area is 168 Å². The van der Waals surface area contributed by atoms with Crippen LogP contribution in [0.1, 0.15) is 80.1 Å². The highest BCUT2D eigenvalue weighted by Gasteiger charge is 2.35. The fourth-order valence-electron chi connectivity index (χ4n) is 4.39. The van der Waals surface area contributed by atoms with Crippen LogP contribution in [-0.4, -0.2) is 11.1 Å². The fourth-order valence-corrected chi connectivity index (χ4v) is 4.39. The van der Waals surface area contributed by atoms with Gasteiger partial charge in [-0.2, -0.15) is 5.26 Å². The van der Waals surface area contributed by atoms with E-state index in [4.69, 9.17) is 5.11 Å². The lowest BCUT2D eigenvalue weighted by atomic mass is 9.67. The van der Waals surface area contributed by atoms with Crippen LogP contribution in [0.3, 0.4) is 0 Å². The Hall–Kier alpha value is -2.60. The van der Waals surface area contributed by atoms with Crippen LogP contribution in [0.4, 0.5) is 0 Å². The molecule has 0 unspecified atom stereocenters. The van der Waals surface area contributed by atoms with E-state index in [1.807, 2.05) is 12.1 Å². The number of carboxylic acid groups (broad SMARTS) is 1. The first-order valence-corrected chi connectivity index (χ1v) is 10.4. The van der Waals surface area contributed by atoms with Gasteiger partial charge in [-0.05, 0) is 66.8 Å². The topological polar surface area (TPSA) is 61.1 Å². The van der Waals surface area contributed by atoms with Gasteiger partial charge in [0.05, 0.1) is 17.0 Å². The Bertz CT molecular complexity index is 822. The Morgan fingerprint density at radius 2 is 1.61 bits per heavy atom. The smallest absolute Gasteiger partial charge is 0.335 e. The standard InChI is InChI=1S/C25H29NO2/c1-2-3-4-15-25(18-26)16-13-22(14-17-25)21-7-5-19(6-8-21)20-9-11-23(12-10-20)24(27)28/h5-12,22H,2-4,13-17H2,1H3,(H,27,28). The molecule has 1 aliphatic rings. The monoisotopic (exact) mass is 375 g/mol. The summed E-state index contributed by atoms with van der Waals surface area (Å²) in [6, 6.07) is 18.3. The average molecular weight is 376 g/mol. The third-order valence-electron chi connectivity index (χ3n) is 6.29. The molecule has 3 nitrogen and oxygen atoms in total. The summed E-state index contributed by atoms with van der Waals surface area (Å²) >= 11 is 0. The maximum Gasteiger partial charge on any atom is 0.335 e. The molecule has 0 heterocycles. The first-order valence-electron chi connectivity index (χ1n) is 10.4. The molecule has 2 aromatic carbocycles. The minimum absolute atomic E-state index is 0.0997. The maximum absolute atomic E-state index is 11.0. The van der Waals surface area contributed by atoms with Gasteiger partial charge in [0.2, 0.25) is 0 Å². The summed E-state index contributed by atoms with van der Waals surface area (Å²) in [4.78, 5) is 11.0. The van der Waals surface area contributed by atoms with Crippen molar-refractivity contribution in [2.45, 2.75) is 64.2 Å². The molecular weight excluding hydrogens is 346 g/mol. The largest absolute Gasteiger partial charge is 0.478 e. The highest BCUT2D eigenvalue weighted by molar-refractivity contribution is 5.88. The summed E-state index contributed by atoms with van der Waals surface area (Å²) in [6.45, 7) is 2.21. The van der Waals surface area contributed by atoms with Crippen LogP contribution in [0.25, 0.3) is 11.1 Å². The van der Waals surface area contributed by atoms with Gasteiger partial charge in [-0.15, -0.1) is 0 Å². The minimum atomic E-state index is -0.901. The Kier molecular flexibility index (Phi) is 6.52. The zero-order chi connectivity index (χ0) is 20.0. The molecule has 1 aliphatic carbocycles. The average Bonchev–Trinajstić information content (AvgIpc) is 2.75. The summed E-state index contributed by atoms with van der Waals surface area (Å²) < 4.78 is 0. The first-order chi connectivity index (χ1) is 13.6. The van der Waals surface area contributed by atoms with E-state index in [-0.39, 0.29) is 5.41 Å². The van der Waals surface area contributed by atoms with E-state index >= 15 is 0 Å². The van der Waals surface area contributed by atoms with Gasteiger partial charge in [0.25, 0.3) is 0 Å². The van der Waals surface area contributed by atoms with Crippen molar-refractivity contribution in [1.29, 1.82) is 5.26 Å². The minimum Gasteiger partial charge on any atom is -0.478 e. The predicted molar refractivity (Wildman–Crippen MR) is 112 cm³/mol. The zero-order valence-corrected chi connectivity index (χ0v) is 16.7. The molecular formula is C25H29NO2. The molecule has 0 atom stereocenters. The van der Waals surface area contributed by atoms with E-state index in [0.29, 0.717) is 11.5 Å². The summed E-state index contributed by atoms with van der Waals surface area (Å²) in [6.07, 6.45) is 8.85. The van der Waals surface area contributed by atoms with E-state index in [2.05, 4.69) is 37.3 Å². The van der Waals surface area contributed by atoms with Gasteiger partial charge in [-0.25, -0.2) is 4.79 Å². The maximum atomic E-state index is 11.0. The molecule has 0 spiro atoms. The van der Waals surface area contributed by atoms with Gasteiger partial charge < -0.3 is 5.11 Å². The van der Waals surface area contributed by atoms with Gasteiger partial charge in [0.15, 0.2) is 0 Å². The number of aromatic carboxylic acids is 1. The normalized spacial score (nSPS) is 21.8. The third kappa shape index (κ3) is 4.62. The van der Waals surface area contributed by atoms with E-state index < -0.39 is 5.97 Å². The molecule has 0 bridgehead atoms. The fraction of sp³-hybridized carbons (Fsp3) is 0.440. The van der Waals surface area contributed by atoms with E-state index in [0.717, 1.165) is 43.2 Å². The Balaban J connectivity index is 1.63. The van der Waals surface area contributed by atoms with E-state index in [1.165, 1.54) is 24.8 Å². The van der Waals surface area contributed by atoms with Crippen LogP contribution in [0.5, 0.6) is 0 Å². The zero-order valence-electron chi connectivity index (χ0n) is 16.7. The quantitative estimate of drug-likeness (QED) is 0.541. The van der Waals surface area contributed by atoms with Crippen molar-refractivity contribution in [1.82, 2.24) is 0 Å². The van der Waals surface area contributed by atoms with Crippen molar-refractivity contribution in [2.75, 3.05) is 0 Å². The summed E-state index contributed by atoms with van der Waals surface area (Å²) in [5.74, 6) is -0.363. The number of carbonyl (C=O) groups is 1. The van der Waals surface area contributed by atoms with Gasteiger partial charge in [0, 0.05) is 0 Å². The van der Waals surface area contributed by atoms with Crippen molar-refractivity contribution >= 4 is 5.97 Å². The van der Waals surface area contributed by atoms with Crippen molar-refractivity contribution in [3.63, 3.8) is 0 Å². The summed E-state index contributed by atoms with van der Waals surface area (Å²) in [7, 11) is 0. The molecule has 1 N–H and O–H groups in total. The number of carboxylic acids is 1. The number of unbranched alkanes of at least 4 members (excludes halogenated alkanes) is 2. The second-order valence-electron chi connectivity index (χ2n) is 8.13. The number of hydrogen-bond acceptors (Lipinski definition) is 2. The SMILES string of the molecule is CCCCCC1(C#N)CCC(c2ccc(-c3ccc(C(=O)O)cc3)cc2)CC1. The van der Waals surface area contributed by atoms with Crippen LogP contribution < -0.4 is 0 Å². The van der Waals surface area contributed by atoms with Crippen LogP contribution in [0.2, 0.25) is 0 Å². The van der Waals surface area contributed by atoms with Crippen molar-refractivity contribution < 1.29 is 9.90 Å². The van der Waals surface area contributed by atoms with Crippen LogP contribution in [-0.2, 0) is 0 Å². The number of nitriles is 1. The van der Waals surface area contributed by atoms with Crippen LogP contribution >= 0.6 is 0 Å². The summed E-state index contributed by atoms with van der Waals surface area (Å²) in [5.41, 5.74) is 3.69. The lowest BCUT2D eigenvalue weighted by molar-refractivity contribution is 0.0697. The molecule has 1 fully saturated rings. The van der Waals surface area contributed by atoms with E-state index in [9.17, 15) is 10.1 Å². The lowest BCUT2D eigenvalue weighted by Gasteiger charge is -2.35. The highest BCUT2D eigenvalue weighted by atomic mass is 16.4. The summed E-state index contributed by atoms with van der Waals surface area (Å²) in [5, 5.41) is 18.7. The van der Waals surface area contributed by atoms with Gasteiger partial charge in [-0.3, -0.25) is 0 Å². The number of hydrogen-bond donors (Lipinski definition) is 1. The third-order valence-corrected chi connectivity index (χ3v) is 6.29. The Morgan fingerprint density at radius 1 is 1.04 bits per heavy atom. The van der Waals surface area contributed by atoms with Crippen molar-refractivity contribution in [3.8, 4) is 17.2 Å². The second kappa shape index (κ2) is 9.06.